The third-order valence-electron chi connectivity index (χ3n) is 3.60. The summed E-state index contributed by atoms with van der Waals surface area (Å²) in [5.41, 5.74) is 5.77. The van der Waals surface area contributed by atoms with Crippen molar-refractivity contribution in [2.75, 3.05) is 11.4 Å². The molecule has 112 valence electrons. The van der Waals surface area contributed by atoms with E-state index in [4.69, 9.17) is 5.73 Å². The first-order valence-electron chi connectivity index (χ1n) is 7.08. The molecule has 2 rings (SSSR count). The first-order valence-corrected chi connectivity index (χ1v) is 7.08. The number of rotatable bonds is 5. The first-order chi connectivity index (χ1) is 10.1. The lowest BCUT2D eigenvalue weighted by Gasteiger charge is -2.28. The summed E-state index contributed by atoms with van der Waals surface area (Å²) in [6, 6.07) is 5.71. The van der Waals surface area contributed by atoms with E-state index in [0.29, 0.717) is 12.1 Å². The number of amides is 2. The summed E-state index contributed by atoms with van der Waals surface area (Å²) in [7, 11) is 0. The number of carbonyl (C=O) groups is 2. The van der Waals surface area contributed by atoms with Crippen molar-refractivity contribution >= 4 is 17.5 Å². The Labute approximate surface area is 123 Å². The maximum absolute atomic E-state index is 13.0. The Morgan fingerprint density at radius 1 is 1.24 bits per heavy atom. The molecule has 0 saturated carbocycles. The van der Waals surface area contributed by atoms with Crippen molar-refractivity contribution in [1.29, 1.82) is 0 Å². The highest BCUT2D eigenvalue weighted by atomic mass is 19.1. The molecule has 0 radical (unpaired) electrons. The van der Waals surface area contributed by atoms with Crippen LogP contribution in [0.15, 0.2) is 36.4 Å². The summed E-state index contributed by atoms with van der Waals surface area (Å²) >= 11 is 0. The fourth-order valence-electron chi connectivity index (χ4n) is 2.45. The Morgan fingerprint density at radius 2 is 1.95 bits per heavy atom. The fourth-order valence-corrected chi connectivity index (χ4v) is 2.45. The third kappa shape index (κ3) is 4.15. The molecular weight excluding hydrogens is 271 g/mol. The van der Waals surface area contributed by atoms with Crippen LogP contribution >= 0.6 is 0 Å². The SMILES string of the molecule is NC(=O)CCN(C(=O)C1CC=CCC1)c1ccc(F)cc1. The second-order valence-corrected chi connectivity index (χ2v) is 5.16. The van der Waals surface area contributed by atoms with E-state index in [0.717, 1.165) is 12.8 Å². The Balaban J connectivity index is 2.18. The molecule has 0 fully saturated rings. The van der Waals surface area contributed by atoms with Gasteiger partial charge in [-0.3, -0.25) is 9.59 Å². The topological polar surface area (TPSA) is 63.4 Å². The largest absolute Gasteiger partial charge is 0.370 e. The quantitative estimate of drug-likeness (QED) is 0.846. The molecule has 2 amide bonds. The van der Waals surface area contributed by atoms with Crippen LogP contribution in [0.25, 0.3) is 0 Å². The molecule has 1 aliphatic rings. The molecule has 0 bridgehead atoms. The average molecular weight is 290 g/mol. The second-order valence-electron chi connectivity index (χ2n) is 5.16. The van der Waals surface area contributed by atoms with Gasteiger partial charge >= 0.3 is 0 Å². The van der Waals surface area contributed by atoms with Crippen molar-refractivity contribution in [2.24, 2.45) is 11.7 Å². The summed E-state index contributed by atoms with van der Waals surface area (Å²) in [5, 5.41) is 0. The van der Waals surface area contributed by atoms with Crippen molar-refractivity contribution in [3.8, 4) is 0 Å². The predicted molar refractivity (Wildman–Crippen MR) is 79.0 cm³/mol. The van der Waals surface area contributed by atoms with Crippen molar-refractivity contribution in [2.45, 2.75) is 25.7 Å². The van der Waals surface area contributed by atoms with Crippen LogP contribution < -0.4 is 10.6 Å². The zero-order chi connectivity index (χ0) is 15.2. The minimum absolute atomic E-state index is 0.0350. The van der Waals surface area contributed by atoms with Crippen LogP contribution in [-0.4, -0.2) is 18.4 Å². The summed E-state index contributed by atoms with van der Waals surface area (Å²) in [5.74, 6) is -0.944. The van der Waals surface area contributed by atoms with Crippen LogP contribution in [0.2, 0.25) is 0 Å². The molecule has 0 heterocycles. The van der Waals surface area contributed by atoms with Crippen LogP contribution in [0.3, 0.4) is 0 Å². The number of hydrogen-bond acceptors (Lipinski definition) is 2. The Morgan fingerprint density at radius 3 is 2.52 bits per heavy atom. The van der Waals surface area contributed by atoms with Gasteiger partial charge in [0.25, 0.3) is 0 Å². The molecule has 1 unspecified atom stereocenters. The molecule has 0 saturated heterocycles. The molecule has 1 aromatic carbocycles. The summed E-state index contributed by atoms with van der Waals surface area (Å²) in [4.78, 5) is 25.2. The number of carbonyl (C=O) groups excluding carboxylic acids is 2. The first kappa shape index (κ1) is 15.2. The van der Waals surface area contributed by atoms with Crippen LogP contribution in [0.4, 0.5) is 10.1 Å². The molecular formula is C16H19FN2O2. The van der Waals surface area contributed by atoms with E-state index in [9.17, 15) is 14.0 Å². The van der Waals surface area contributed by atoms with Crippen molar-refractivity contribution in [3.63, 3.8) is 0 Å². The monoisotopic (exact) mass is 290 g/mol. The molecule has 5 heteroatoms. The summed E-state index contributed by atoms with van der Waals surface area (Å²) in [6.07, 6.45) is 6.53. The Hall–Kier alpha value is -2.17. The van der Waals surface area contributed by atoms with Gasteiger partial charge in [0.1, 0.15) is 5.82 Å². The molecule has 1 aliphatic carbocycles. The number of primary amides is 1. The Bertz CT molecular complexity index is 540. The lowest BCUT2D eigenvalue weighted by atomic mass is 9.93. The fraction of sp³-hybridized carbons (Fsp3) is 0.375. The predicted octanol–water partition coefficient (Wildman–Crippen LogP) is 2.39. The van der Waals surface area contributed by atoms with Crippen molar-refractivity contribution in [1.82, 2.24) is 0 Å². The van der Waals surface area contributed by atoms with Gasteiger partial charge in [0.05, 0.1) is 0 Å². The molecule has 0 aliphatic heterocycles. The smallest absolute Gasteiger partial charge is 0.230 e. The minimum atomic E-state index is -0.460. The average Bonchev–Trinajstić information content (AvgIpc) is 2.49. The van der Waals surface area contributed by atoms with E-state index in [2.05, 4.69) is 6.08 Å². The number of allylic oxidation sites excluding steroid dienone is 2. The van der Waals surface area contributed by atoms with Gasteiger partial charge < -0.3 is 10.6 Å². The lowest BCUT2D eigenvalue weighted by Crippen LogP contribution is -2.38. The van der Waals surface area contributed by atoms with Crippen LogP contribution in [0.1, 0.15) is 25.7 Å². The van der Waals surface area contributed by atoms with E-state index in [-0.39, 0.29) is 30.6 Å². The zero-order valence-electron chi connectivity index (χ0n) is 11.8. The highest BCUT2D eigenvalue weighted by Gasteiger charge is 2.25. The van der Waals surface area contributed by atoms with Gasteiger partial charge in [-0.05, 0) is 43.5 Å². The molecule has 1 aromatic rings. The van der Waals surface area contributed by atoms with Crippen molar-refractivity contribution < 1.29 is 14.0 Å². The normalized spacial score (nSPS) is 17.5. The molecule has 0 spiro atoms. The van der Waals surface area contributed by atoms with E-state index in [1.165, 1.54) is 17.0 Å². The van der Waals surface area contributed by atoms with Gasteiger partial charge in [-0.15, -0.1) is 0 Å². The molecule has 2 N–H and O–H groups in total. The number of nitrogens with two attached hydrogens (primary N) is 1. The highest BCUT2D eigenvalue weighted by Crippen LogP contribution is 2.24. The van der Waals surface area contributed by atoms with Crippen LogP contribution in [0, 0.1) is 11.7 Å². The van der Waals surface area contributed by atoms with E-state index < -0.39 is 5.91 Å². The van der Waals surface area contributed by atoms with Crippen LogP contribution in [-0.2, 0) is 9.59 Å². The van der Waals surface area contributed by atoms with Gasteiger partial charge in [0.2, 0.25) is 11.8 Å². The van der Waals surface area contributed by atoms with Gasteiger partial charge in [-0.2, -0.15) is 0 Å². The van der Waals surface area contributed by atoms with Gasteiger partial charge in [-0.25, -0.2) is 4.39 Å². The zero-order valence-corrected chi connectivity index (χ0v) is 11.8. The molecule has 4 nitrogen and oxygen atoms in total. The Kier molecular flexibility index (Phi) is 5.09. The van der Waals surface area contributed by atoms with E-state index in [1.807, 2.05) is 6.08 Å². The van der Waals surface area contributed by atoms with E-state index in [1.54, 1.807) is 12.1 Å². The number of nitrogens with zero attached hydrogens (tertiary/aromatic N) is 1. The van der Waals surface area contributed by atoms with E-state index >= 15 is 0 Å². The van der Waals surface area contributed by atoms with Gasteiger partial charge in [0.15, 0.2) is 0 Å². The number of anilines is 1. The highest BCUT2D eigenvalue weighted by molar-refractivity contribution is 5.95. The van der Waals surface area contributed by atoms with Crippen molar-refractivity contribution in [3.05, 3.63) is 42.2 Å². The molecule has 1 atom stereocenters. The number of benzene rings is 1. The molecule has 0 aromatic heterocycles. The molecule has 21 heavy (non-hydrogen) atoms. The summed E-state index contributed by atoms with van der Waals surface area (Å²) < 4.78 is 13.0. The maximum Gasteiger partial charge on any atom is 0.230 e. The van der Waals surface area contributed by atoms with Crippen LogP contribution in [0.5, 0.6) is 0 Å². The second kappa shape index (κ2) is 7.02. The van der Waals surface area contributed by atoms with Gasteiger partial charge in [0, 0.05) is 24.6 Å². The minimum Gasteiger partial charge on any atom is -0.370 e. The summed E-state index contributed by atoms with van der Waals surface area (Å²) in [6.45, 7) is 0.222. The number of hydrogen-bond donors (Lipinski definition) is 1. The number of halogens is 1. The standard InChI is InChI=1S/C16H19FN2O2/c17-13-6-8-14(9-7-13)19(11-10-15(18)20)16(21)12-4-2-1-3-5-12/h1-2,6-9,12H,3-5,10-11H2,(H2,18,20). The van der Waals surface area contributed by atoms with Gasteiger partial charge in [-0.1, -0.05) is 12.2 Å². The lowest BCUT2D eigenvalue weighted by molar-refractivity contribution is -0.122. The maximum atomic E-state index is 13.0. The third-order valence-corrected chi connectivity index (χ3v) is 3.60.